The molecule has 3 heterocycles. The number of nitrogens with one attached hydrogen (secondary N) is 2. The number of thiazole rings is 1. The lowest BCUT2D eigenvalue weighted by atomic mass is 10.2. The Kier molecular flexibility index (Phi) is 3.98. The van der Waals surface area contributed by atoms with E-state index in [1.165, 1.54) is 18.3 Å². The van der Waals surface area contributed by atoms with Gasteiger partial charge in [0.2, 0.25) is 5.91 Å². The molecule has 0 aliphatic carbocycles. The van der Waals surface area contributed by atoms with Crippen molar-refractivity contribution in [2.75, 3.05) is 12.4 Å². The van der Waals surface area contributed by atoms with E-state index < -0.39 is 0 Å². The van der Waals surface area contributed by atoms with E-state index in [-0.39, 0.29) is 11.8 Å². The molecule has 0 atom stereocenters. The monoisotopic (exact) mass is 327 g/mol. The lowest BCUT2D eigenvalue weighted by Crippen LogP contribution is -2.18. The van der Waals surface area contributed by atoms with Crippen molar-refractivity contribution in [2.45, 2.75) is 6.92 Å². The number of carbonyl (C=O) groups excluding carboxylic acids is 2. The van der Waals surface area contributed by atoms with Crippen LogP contribution in [0, 0.1) is 0 Å². The average Bonchev–Trinajstić information content (AvgIpc) is 2.94. The number of hydrogen-bond donors (Lipinski definition) is 2. The molecular weight excluding hydrogens is 314 g/mol. The predicted octanol–water partition coefficient (Wildman–Crippen LogP) is 2.07. The van der Waals surface area contributed by atoms with E-state index in [0.29, 0.717) is 10.8 Å². The van der Waals surface area contributed by atoms with Gasteiger partial charge in [0.15, 0.2) is 5.13 Å². The number of aromatic nitrogens is 3. The molecule has 0 saturated carbocycles. The van der Waals surface area contributed by atoms with Crippen molar-refractivity contribution < 1.29 is 9.59 Å². The fraction of sp³-hybridized carbons (Fsp3) is 0.133. The molecule has 0 bridgehead atoms. The van der Waals surface area contributed by atoms with Gasteiger partial charge in [0, 0.05) is 25.7 Å². The first-order valence-electron chi connectivity index (χ1n) is 6.80. The van der Waals surface area contributed by atoms with Crippen LogP contribution < -0.4 is 10.6 Å². The maximum atomic E-state index is 11.5. The van der Waals surface area contributed by atoms with E-state index in [1.54, 1.807) is 25.4 Å². The van der Waals surface area contributed by atoms with Crippen molar-refractivity contribution in [1.29, 1.82) is 0 Å². The summed E-state index contributed by atoms with van der Waals surface area (Å²) >= 11 is 1.31. The SMILES string of the molecule is CNC(=O)c1ccc(-c2ccc3nc(NC(C)=O)sc3n2)cn1. The Bertz CT molecular complexity index is 889. The highest BCUT2D eigenvalue weighted by Gasteiger charge is 2.10. The van der Waals surface area contributed by atoms with Crippen LogP contribution in [0.2, 0.25) is 0 Å². The first-order chi connectivity index (χ1) is 11.1. The number of amides is 2. The van der Waals surface area contributed by atoms with Gasteiger partial charge in [-0.2, -0.15) is 0 Å². The molecule has 0 aromatic carbocycles. The van der Waals surface area contributed by atoms with Crippen LogP contribution in [-0.2, 0) is 4.79 Å². The van der Waals surface area contributed by atoms with Gasteiger partial charge in [0.05, 0.1) is 5.69 Å². The van der Waals surface area contributed by atoms with Crippen molar-refractivity contribution in [3.63, 3.8) is 0 Å². The Morgan fingerprint density at radius 1 is 1.13 bits per heavy atom. The fourth-order valence-corrected chi connectivity index (χ4v) is 2.87. The first-order valence-corrected chi connectivity index (χ1v) is 7.62. The molecule has 0 unspecified atom stereocenters. The van der Waals surface area contributed by atoms with Gasteiger partial charge in [-0.1, -0.05) is 11.3 Å². The fourth-order valence-electron chi connectivity index (χ4n) is 1.99. The summed E-state index contributed by atoms with van der Waals surface area (Å²) in [5.41, 5.74) is 2.60. The van der Waals surface area contributed by atoms with Crippen molar-refractivity contribution in [3.05, 3.63) is 36.2 Å². The van der Waals surface area contributed by atoms with Gasteiger partial charge >= 0.3 is 0 Å². The Balaban J connectivity index is 1.93. The smallest absolute Gasteiger partial charge is 0.269 e. The molecule has 116 valence electrons. The van der Waals surface area contributed by atoms with Crippen molar-refractivity contribution in [3.8, 4) is 11.3 Å². The van der Waals surface area contributed by atoms with Gasteiger partial charge in [0.25, 0.3) is 5.91 Å². The highest BCUT2D eigenvalue weighted by molar-refractivity contribution is 7.21. The zero-order valence-corrected chi connectivity index (χ0v) is 13.3. The highest BCUT2D eigenvalue weighted by atomic mass is 32.1. The molecule has 2 N–H and O–H groups in total. The van der Waals surface area contributed by atoms with Crippen LogP contribution in [0.3, 0.4) is 0 Å². The summed E-state index contributed by atoms with van der Waals surface area (Å²) in [5.74, 6) is -0.402. The van der Waals surface area contributed by atoms with E-state index in [1.807, 2.05) is 12.1 Å². The normalized spacial score (nSPS) is 10.5. The molecule has 0 saturated heterocycles. The molecule has 7 nitrogen and oxygen atoms in total. The molecule has 0 fully saturated rings. The summed E-state index contributed by atoms with van der Waals surface area (Å²) in [4.78, 5) is 36.3. The van der Waals surface area contributed by atoms with Crippen molar-refractivity contribution >= 4 is 38.6 Å². The summed E-state index contributed by atoms with van der Waals surface area (Å²) in [5, 5.41) is 5.70. The number of rotatable bonds is 3. The van der Waals surface area contributed by atoms with Crippen LogP contribution in [0.1, 0.15) is 17.4 Å². The second-order valence-corrected chi connectivity index (χ2v) is 5.71. The van der Waals surface area contributed by atoms with Gasteiger partial charge in [-0.15, -0.1) is 0 Å². The average molecular weight is 327 g/mol. The molecule has 0 radical (unpaired) electrons. The number of hydrogen-bond acceptors (Lipinski definition) is 6. The minimum absolute atomic E-state index is 0.168. The van der Waals surface area contributed by atoms with Gasteiger partial charge in [-0.05, 0) is 24.3 Å². The lowest BCUT2D eigenvalue weighted by Gasteiger charge is -2.02. The Hall–Kier alpha value is -2.87. The van der Waals surface area contributed by atoms with E-state index in [0.717, 1.165) is 21.6 Å². The summed E-state index contributed by atoms with van der Waals surface area (Å²) in [6, 6.07) is 7.11. The maximum Gasteiger partial charge on any atom is 0.269 e. The third-order valence-corrected chi connectivity index (χ3v) is 3.94. The molecule has 0 aliphatic heterocycles. The molecule has 3 aromatic heterocycles. The number of nitrogens with zero attached hydrogens (tertiary/aromatic N) is 3. The van der Waals surface area contributed by atoms with Gasteiger partial charge in [-0.3, -0.25) is 14.6 Å². The molecule has 23 heavy (non-hydrogen) atoms. The molecule has 3 rings (SSSR count). The third-order valence-electron chi connectivity index (χ3n) is 3.06. The van der Waals surface area contributed by atoms with Crippen LogP contribution in [-0.4, -0.2) is 33.8 Å². The number of carbonyl (C=O) groups is 2. The first kappa shape index (κ1) is 15.0. The largest absolute Gasteiger partial charge is 0.354 e. The molecular formula is C15H13N5O2S. The number of pyridine rings is 2. The van der Waals surface area contributed by atoms with Crippen molar-refractivity contribution in [1.82, 2.24) is 20.3 Å². The minimum Gasteiger partial charge on any atom is -0.354 e. The molecule has 2 amide bonds. The van der Waals surface area contributed by atoms with Gasteiger partial charge in [-0.25, -0.2) is 9.97 Å². The second kappa shape index (κ2) is 6.09. The molecule has 0 aliphatic rings. The zero-order valence-electron chi connectivity index (χ0n) is 12.5. The van der Waals surface area contributed by atoms with Crippen molar-refractivity contribution in [2.24, 2.45) is 0 Å². The third kappa shape index (κ3) is 3.16. The predicted molar refractivity (Wildman–Crippen MR) is 88.3 cm³/mol. The minimum atomic E-state index is -0.234. The standard InChI is InChI=1S/C15H13N5O2S/c1-8(21)18-15-20-12-6-5-10(19-14(12)23-15)9-3-4-11(17-7-9)13(22)16-2/h3-7H,1-2H3,(H,16,22)(H,18,20,21). The van der Waals surface area contributed by atoms with E-state index in [9.17, 15) is 9.59 Å². The number of fused-ring (bicyclic) bond motifs is 1. The maximum absolute atomic E-state index is 11.5. The van der Waals surface area contributed by atoms with Gasteiger partial charge in [0.1, 0.15) is 16.0 Å². The van der Waals surface area contributed by atoms with Crippen LogP contribution in [0.5, 0.6) is 0 Å². The molecule has 3 aromatic rings. The Morgan fingerprint density at radius 3 is 2.61 bits per heavy atom. The summed E-state index contributed by atoms with van der Waals surface area (Å²) in [6.07, 6.45) is 1.61. The van der Waals surface area contributed by atoms with Crippen LogP contribution in [0.4, 0.5) is 5.13 Å². The van der Waals surface area contributed by atoms with Crippen LogP contribution >= 0.6 is 11.3 Å². The van der Waals surface area contributed by atoms with Crippen LogP contribution in [0.25, 0.3) is 21.6 Å². The Labute approximate surface area is 135 Å². The number of anilines is 1. The highest BCUT2D eigenvalue weighted by Crippen LogP contribution is 2.27. The van der Waals surface area contributed by atoms with Gasteiger partial charge < -0.3 is 10.6 Å². The van der Waals surface area contributed by atoms with Crippen LogP contribution in [0.15, 0.2) is 30.5 Å². The zero-order chi connectivity index (χ0) is 16.4. The molecule has 0 spiro atoms. The summed E-state index contributed by atoms with van der Waals surface area (Å²) in [7, 11) is 1.56. The van der Waals surface area contributed by atoms with E-state index >= 15 is 0 Å². The lowest BCUT2D eigenvalue weighted by molar-refractivity contribution is -0.114. The topological polar surface area (TPSA) is 96.9 Å². The quantitative estimate of drug-likeness (QED) is 0.767. The Morgan fingerprint density at radius 2 is 1.96 bits per heavy atom. The van der Waals surface area contributed by atoms with E-state index in [4.69, 9.17) is 0 Å². The van der Waals surface area contributed by atoms with E-state index in [2.05, 4.69) is 25.6 Å². The molecule has 8 heteroatoms. The second-order valence-electron chi connectivity index (χ2n) is 4.73. The summed E-state index contributed by atoms with van der Waals surface area (Å²) in [6.45, 7) is 1.44. The summed E-state index contributed by atoms with van der Waals surface area (Å²) < 4.78 is 0.